The molecule has 1 aromatic heterocycles. The summed E-state index contributed by atoms with van der Waals surface area (Å²) in [5.41, 5.74) is 1.33. The van der Waals surface area contributed by atoms with Crippen LogP contribution in [0.4, 0.5) is 0 Å². The van der Waals surface area contributed by atoms with Gasteiger partial charge in [-0.1, -0.05) is 6.42 Å². The van der Waals surface area contributed by atoms with Crippen LogP contribution in [0.2, 0.25) is 0 Å². The van der Waals surface area contributed by atoms with Crippen molar-refractivity contribution in [2.75, 3.05) is 0 Å². The average Bonchev–Trinajstić information content (AvgIpc) is 3.08. The van der Waals surface area contributed by atoms with Crippen LogP contribution in [0.3, 0.4) is 0 Å². The van der Waals surface area contributed by atoms with Gasteiger partial charge in [-0.05, 0) is 61.5 Å². The van der Waals surface area contributed by atoms with Crippen molar-refractivity contribution in [1.29, 1.82) is 0 Å². The monoisotopic (exact) mass is 230 g/mol. The lowest BCUT2D eigenvalue weighted by atomic mass is 9.79. The summed E-state index contributed by atoms with van der Waals surface area (Å²) in [6.07, 6.45) is 9.56. The fraction of sp³-hybridized carbons (Fsp3) is 0.733. The zero-order chi connectivity index (χ0) is 11.2. The highest BCUT2D eigenvalue weighted by atomic mass is 15.0. The van der Waals surface area contributed by atoms with E-state index in [1.165, 1.54) is 37.8 Å². The molecule has 0 saturated heterocycles. The molecule has 2 nitrogen and oxygen atoms in total. The second-order valence-electron chi connectivity index (χ2n) is 6.34. The minimum absolute atomic E-state index is 0.808. The lowest BCUT2D eigenvalue weighted by molar-refractivity contribution is 0.207. The van der Waals surface area contributed by atoms with E-state index in [2.05, 4.69) is 22.4 Å². The molecule has 0 radical (unpaired) electrons. The second-order valence-corrected chi connectivity index (χ2v) is 6.34. The molecule has 92 valence electrons. The Hall–Kier alpha value is -0.760. The highest BCUT2D eigenvalue weighted by Crippen LogP contribution is 2.58. The molecule has 2 N–H and O–H groups in total. The number of rotatable bonds is 3. The first-order valence-corrected chi connectivity index (χ1v) is 7.27. The molecular weight excluding hydrogens is 208 g/mol. The van der Waals surface area contributed by atoms with Gasteiger partial charge in [-0.25, -0.2) is 0 Å². The fourth-order valence-corrected chi connectivity index (χ4v) is 5.02. The average molecular weight is 230 g/mol. The third-order valence-corrected chi connectivity index (χ3v) is 5.65. The number of hydrogen-bond donors (Lipinski definition) is 2. The zero-order valence-electron chi connectivity index (χ0n) is 10.4. The van der Waals surface area contributed by atoms with Gasteiger partial charge in [0.15, 0.2) is 0 Å². The van der Waals surface area contributed by atoms with E-state index in [0.717, 1.165) is 36.3 Å². The van der Waals surface area contributed by atoms with E-state index in [-0.39, 0.29) is 0 Å². The fourth-order valence-electron chi connectivity index (χ4n) is 5.02. The van der Waals surface area contributed by atoms with Crippen LogP contribution in [-0.4, -0.2) is 11.0 Å². The predicted molar refractivity (Wildman–Crippen MR) is 68.5 cm³/mol. The minimum atomic E-state index is 0.808. The van der Waals surface area contributed by atoms with Crippen LogP contribution in [0, 0.1) is 23.7 Å². The van der Waals surface area contributed by atoms with Gasteiger partial charge in [-0.2, -0.15) is 0 Å². The minimum Gasteiger partial charge on any atom is -0.364 e. The molecule has 0 amide bonds. The van der Waals surface area contributed by atoms with Gasteiger partial charge in [0.05, 0.1) is 0 Å². The number of H-pyrrole nitrogens is 1. The number of fused-ring (bicyclic) bond motifs is 5. The molecule has 5 unspecified atom stereocenters. The molecule has 1 heterocycles. The van der Waals surface area contributed by atoms with Crippen LogP contribution in [0.15, 0.2) is 18.3 Å². The van der Waals surface area contributed by atoms with Crippen LogP contribution < -0.4 is 5.32 Å². The maximum atomic E-state index is 3.80. The molecule has 2 heteroatoms. The third-order valence-electron chi connectivity index (χ3n) is 5.65. The van der Waals surface area contributed by atoms with Gasteiger partial charge in [-0.15, -0.1) is 0 Å². The molecule has 0 spiro atoms. The standard InChI is InChI=1S/C15H22N2/c1-4-12-10-7-14(13(12)5-1)15(8-10)17-9-11-3-2-6-16-11/h2-3,6,10,12-17H,1,4-5,7-9H2. The van der Waals surface area contributed by atoms with Crippen molar-refractivity contribution >= 4 is 0 Å². The summed E-state index contributed by atoms with van der Waals surface area (Å²) < 4.78 is 0. The van der Waals surface area contributed by atoms with E-state index < -0.39 is 0 Å². The predicted octanol–water partition coefficient (Wildman–Crippen LogP) is 2.93. The van der Waals surface area contributed by atoms with Gasteiger partial charge in [-0.3, -0.25) is 0 Å². The van der Waals surface area contributed by atoms with Gasteiger partial charge in [0.1, 0.15) is 0 Å². The molecule has 0 aliphatic heterocycles. The molecule has 3 fully saturated rings. The van der Waals surface area contributed by atoms with Crippen LogP contribution in [0.5, 0.6) is 0 Å². The van der Waals surface area contributed by atoms with Crippen molar-refractivity contribution in [3.05, 3.63) is 24.0 Å². The van der Waals surface area contributed by atoms with Crippen LogP contribution >= 0.6 is 0 Å². The van der Waals surface area contributed by atoms with Crippen LogP contribution in [0.1, 0.15) is 37.8 Å². The maximum Gasteiger partial charge on any atom is 0.0359 e. The lowest BCUT2D eigenvalue weighted by Gasteiger charge is -2.32. The SMILES string of the molecule is c1c[nH]c(CNC2CC3CC2C2CCCC32)c1. The molecule has 3 saturated carbocycles. The summed E-state index contributed by atoms with van der Waals surface area (Å²) in [4.78, 5) is 3.29. The first kappa shape index (κ1) is 10.2. The van der Waals surface area contributed by atoms with Gasteiger partial charge >= 0.3 is 0 Å². The zero-order valence-corrected chi connectivity index (χ0v) is 10.4. The first-order chi connectivity index (χ1) is 8.42. The van der Waals surface area contributed by atoms with Crippen molar-refractivity contribution < 1.29 is 0 Å². The number of hydrogen-bond acceptors (Lipinski definition) is 1. The number of aromatic nitrogens is 1. The summed E-state index contributed by atoms with van der Waals surface area (Å²) >= 11 is 0. The molecule has 3 aliphatic carbocycles. The molecule has 17 heavy (non-hydrogen) atoms. The van der Waals surface area contributed by atoms with Gasteiger partial charge < -0.3 is 10.3 Å². The van der Waals surface area contributed by atoms with Crippen molar-refractivity contribution in [2.24, 2.45) is 23.7 Å². The van der Waals surface area contributed by atoms with E-state index in [0.29, 0.717) is 0 Å². The van der Waals surface area contributed by atoms with Crippen LogP contribution in [0.25, 0.3) is 0 Å². The Kier molecular flexibility index (Phi) is 2.32. The highest BCUT2D eigenvalue weighted by Gasteiger charge is 2.53. The van der Waals surface area contributed by atoms with Crippen molar-refractivity contribution in [2.45, 2.75) is 44.7 Å². The Balaban J connectivity index is 1.41. The van der Waals surface area contributed by atoms with Gasteiger partial charge in [0, 0.05) is 24.5 Å². The Labute approximate surface area is 103 Å². The smallest absolute Gasteiger partial charge is 0.0359 e. The Bertz CT molecular complexity index is 384. The van der Waals surface area contributed by atoms with Crippen molar-refractivity contribution in [3.8, 4) is 0 Å². The molecular formula is C15H22N2. The maximum absolute atomic E-state index is 3.80. The second kappa shape index (κ2) is 3.88. The first-order valence-electron chi connectivity index (χ1n) is 7.27. The summed E-state index contributed by atoms with van der Waals surface area (Å²) in [6.45, 7) is 1.03. The number of aromatic amines is 1. The van der Waals surface area contributed by atoms with Crippen molar-refractivity contribution in [3.63, 3.8) is 0 Å². The van der Waals surface area contributed by atoms with Crippen LogP contribution in [-0.2, 0) is 6.54 Å². The molecule has 3 aliphatic rings. The summed E-state index contributed by atoms with van der Waals surface area (Å²) in [5, 5.41) is 3.80. The quantitative estimate of drug-likeness (QED) is 0.821. The third kappa shape index (κ3) is 1.57. The normalized spacial score (nSPS) is 43.2. The molecule has 0 aromatic carbocycles. The summed E-state index contributed by atoms with van der Waals surface area (Å²) in [6, 6.07) is 5.08. The molecule has 4 rings (SSSR count). The lowest BCUT2D eigenvalue weighted by Crippen LogP contribution is -2.38. The van der Waals surface area contributed by atoms with Gasteiger partial charge in [0.25, 0.3) is 0 Å². The van der Waals surface area contributed by atoms with E-state index in [4.69, 9.17) is 0 Å². The van der Waals surface area contributed by atoms with E-state index in [1.807, 2.05) is 6.20 Å². The number of nitrogens with one attached hydrogen (secondary N) is 2. The summed E-state index contributed by atoms with van der Waals surface area (Å²) in [7, 11) is 0. The molecule has 5 atom stereocenters. The Morgan fingerprint density at radius 3 is 3.00 bits per heavy atom. The van der Waals surface area contributed by atoms with E-state index in [9.17, 15) is 0 Å². The highest BCUT2D eigenvalue weighted by molar-refractivity contribution is 5.07. The summed E-state index contributed by atoms with van der Waals surface area (Å²) in [5.74, 6) is 4.26. The van der Waals surface area contributed by atoms with Gasteiger partial charge in [0.2, 0.25) is 0 Å². The Morgan fingerprint density at radius 1 is 1.18 bits per heavy atom. The largest absolute Gasteiger partial charge is 0.364 e. The molecule has 1 aromatic rings. The molecule has 2 bridgehead atoms. The Morgan fingerprint density at radius 2 is 2.12 bits per heavy atom. The topological polar surface area (TPSA) is 27.8 Å². The van der Waals surface area contributed by atoms with Crippen molar-refractivity contribution in [1.82, 2.24) is 10.3 Å². The van der Waals surface area contributed by atoms with E-state index in [1.54, 1.807) is 0 Å². The van der Waals surface area contributed by atoms with E-state index >= 15 is 0 Å².